The van der Waals surface area contributed by atoms with Crippen LogP contribution in [0.5, 0.6) is 0 Å². The lowest BCUT2D eigenvalue weighted by atomic mass is 9.66. The zero-order valence-electron chi connectivity index (χ0n) is 20.9. The number of nitrogens with one attached hydrogen (secondary N) is 2. The van der Waals surface area contributed by atoms with E-state index in [9.17, 15) is 10.2 Å². The van der Waals surface area contributed by atoms with E-state index in [0.717, 1.165) is 42.5 Å². The number of aromatic amines is 1. The average molecular weight is 475 g/mol. The van der Waals surface area contributed by atoms with Crippen LogP contribution in [0.2, 0.25) is 0 Å². The number of nitrogens with zero attached hydrogens (tertiary/aromatic N) is 1. The maximum absolute atomic E-state index is 12.0. The second-order valence-electron chi connectivity index (χ2n) is 11.4. The van der Waals surface area contributed by atoms with Gasteiger partial charge in [0.05, 0.1) is 17.2 Å². The van der Waals surface area contributed by atoms with Gasteiger partial charge in [-0.05, 0) is 68.4 Å². The molecule has 5 rings (SSSR count). The van der Waals surface area contributed by atoms with E-state index >= 15 is 0 Å². The van der Waals surface area contributed by atoms with Crippen molar-refractivity contribution in [3.8, 4) is 11.8 Å². The van der Waals surface area contributed by atoms with Crippen molar-refractivity contribution >= 4 is 16.9 Å². The Bertz CT molecular complexity index is 1180. The second-order valence-corrected chi connectivity index (χ2v) is 11.4. The average Bonchev–Trinajstić information content (AvgIpc) is 3.34. The van der Waals surface area contributed by atoms with Crippen LogP contribution in [0.4, 0.5) is 0 Å². The highest BCUT2D eigenvalue weighted by Gasteiger charge is 2.58. The Morgan fingerprint density at radius 3 is 2.80 bits per heavy atom. The van der Waals surface area contributed by atoms with Crippen LogP contribution in [0.15, 0.2) is 47.5 Å². The first kappa shape index (κ1) is 24.0. The topological polar surface area (TPSA) is 107 Å². The van der Waals surface area contributed by atoms with Crippen molar-refractivity contribution in [2.45, 2.75) is 75.5 Å². The molecule has 186 valence electrons. The molecule has 0 spiro atoms. The van der Waals surface area contributed by atoms with E-state index < -0.39 is 11.2 Å². The Hall–Kier alpha value is -2.75. The number of allylic oxidation sites excluding steroid dienone is 1. The van der Waals surface area contributed by atoms with Gasteiger partial charge in [-0.2, -0.15) is 0 Å². The Kier molecular flexibility index (Phi) is 5.97. The molecule has 3 aliphatic carbocycles. The quantitative estimate of drug-likeness (QED) is 0.202. The summed E-state index contributed by atoms with van der Waals surface area (Å²) in [6, 6.07) is 10.2. The summed E-state index contributed by atoms with van der Waals surface area (Å²) in [5, 5.41) is 28.0. The van der Waals surface area contributed by atoms with Gasteiger partial charge in [-0.1, -0.05) is 36.3 Å². The van der Waals surface area contributed by atoms with Crippen LogP contribution in [-0.2, 0) is 6.42 Å². The molecule has 1 aromatic heterocycles. The Morgan fingerprint density at radius 1 is 1.23 bits per heavy atom. The summed E-state index contributed by atoms with van der Waals surface area (Å²) in [6.07, 6.45) is 5.62. The third kappa shape index (κ3) is 4.37. The van der Waals surface area contributed by atoms with E-state index in [1.54, 1.807) is 7.05 Å². The third-order valence-electron chi connectivity index (χ3n) is 9.15. The molecule has 6 atom stereocenters. The number of rotatable bonds is 4. The smallest absolute Gasteiger partial charge is 0.189 e. The molecule has 0 saturated heterocycles. The minimum atomic E-state index is -0.920. The van der Waals surface area contributed by atoms with Gasteiger partial charge < -0.3 is 26.2 Å². The van der Waals surface area contributed by atoms with Gasteiger partial charge in [0.2, 0.25) is 0 Å². The molecule has 0 radical (unpaired) electrons. The Labute approximate surface area is 208 Å². The number of para-hydroxylation sites is 1. The van der Waals surface area contributed by atoms with E-state index in [-0.39, 0.29) is 23.3 Å². The van der Waals surface area contributed by atoms with Gasteiger partial charge in [-0.3, -0.25) is 4.99 Å². The lowest BCUT2D eigenvalue weighted by Gasteiger charge is -2.41. The van der Waals surface area contributed by atoms with Crippen molar-refractivity contribution in [3.05, 3.63) is 48.2 Å². The molecule has 2 bridgehead atoms. The second kappa shape index (κ2) is 8.72. The first-order chi connectivity index (χ1) is 16.6. The van der Waals surface area contributed by atoms with Crippen molar-refractivity contribution in [2.75, 3.05) is 7.05 Å². The normalized spacial score (nSPS) is 36.9. The molecule has 6 heteroatoms. The number of aromatic nitrogens is 1. The summed E-state index contributed by atoms with van der Waals surface area (Å²) >= 11 is 0. The molecular formula is C29H38N4O2. The molecule has 1 heterocycles. The lowest BCUT2D eigenvalue weighted by molar-refractivity contribution is -0.0677. The zero-order valence-corrected chi connectivity index (χ0v) is 20.9. The van der Waals surface area contributed by atoms with Crippen molar-refractivity contribution < 1.29 is 10.2 Å². The molecule has 2 saturated carbocycles. The molecule has 0 amide bonds. The van der Waals surface area contributed by atoms with Crippen LogP contribution in [0.25, 0.3) is 10.9 Å². The number of guanidine groups is 1. The van der Waals surface area contributed by atoms with Gasteiger partial charge >= 0.3 is 0 Å². The predicted octanol–water partition coefficient (Wildman–Crippen LogP) is 3.65. The first-order valence-electron chi connectivity index (χ1n) is 12.8. The maximum Gasteiger partial charge on any atom is 0.189 e. The number of aliphatic hydroxyl groups is 2. The zero-order chi connectivity index (χ0) is 24.8. The number of aliphatic imine (C=N–C) groups is 1. The van der Waals surface area contributed by atoms with Crippen LogP contribution >= 0.6 is 0 Å². The molecule has 0 aliphatic heterocycles. The number of fused-ring (bicyclic) bond motifs is 2. The van der Waals surface area contributed by atoms with Crippen LogP contribution in [0.3, 0.4) is 0 Å². The summed E-state index contributed by atoms with van der Waals surface area (Å²) in [5.74, 6) is 7.14. The number of hydrogen-bond acceptors (Lipinski definition) is 3. The summed E-state index contributed by atoms with van der Waals surface area (Å²) in [5.41, 5.74) is 7.35. The van der Waals surface area contributed by atoms with E-state index in [2.05, 4.69) is 58.0 Å². The van der Waals surface area contributed by atoms with Crippen LogP contribution < -0.4 is 11.1 Å². The van der Waals surface area contributed by atoms with Gasteiger partial charge in [0.1, 0.15) is 0 Å². The molecule has 6 nitrogen and oxygen atoms in total. The van der Waals surface area contributed by atoms with E-state index in [1.807, 2.05) is 13.0 Å². The highest BCUT2D eigenvalue weighted by Crippen LogP contribution is 2.59. The largest absolute Gasteiger partial charge is 0.390 e. The fourth-order valence-corrected chi connectivity index (χ4v) is 7.03. The molecule has 0 unspecified atom stereocenters. The summed E-state index contributed by atoms with van der Waals surface area (Å²) < 4.78 is 0. The van der Waals surface area contributed by atoms with Crippen molar-refractivity contribution in [1.29, 1.82) is 0 Å². The molecule has 2 aromatic rings. The van der Waals surface area contributed by atoms with Gasteiger partial charge in [0, 0.05) is 42.9 Å². The SMILES string of the molecule is C=C(Cc1cc2ccccc2[nH]1)[C@]12CC#C[C@H](NC(N)=NC)C[C@]3(O)CC[C@@H]([C@@H]3C1)[C@](C)(O)CC2. The Balaban J connectivity index is 1.53. The minimum absolute atomic E-state index is 0.0368. The highest BCUT2D eigenvalue weighted by atomic mass is 16.3. The van der Waals surface area contributed by atoms with Crippen molar-refractivity contribution in [2.24, 2.45) is 28.0 Å². The van der Waals surface area contributed by atoms with Gasteiger partial charge in [0.25, 0.3) is 0 Å². The highest BCUT2D eigenvalue weighted by molar-refractivity contribution is 5.80. The van der Waals surface area contributed by atoms with Crippen LogP contribution in [0, 0.1) is 29.1 Å². The van der Waals surface area contributed by atoms with E-state index in [4.69, 9.17) is 5.73 Å². The lowest BCUT2D eigenvalue weighted by Crippen LogP contribution is -2.48. The minimum Gasteiger partial charge on any atom is -0.390 e. The molecule has 1 aromatic carbocycles. The summed E-state index contributed by atoms with van der Waals surface area (Å²) in [6.45, 7) is 6.58. The van der Waals surface area contributed by atoms with E-state index in [0.29, 0.717) is 31.6 Å². The van der Waals surface area contributed by atoms with Crippen LogP contribution in [-0.4, -0.2) is 45.4 Å². The van der Waals surface area contributed by atoms with Gasteiger partial charge in [0.15, 0.2) is 5.96 Å². The standard InChI is InChI=1S/C29H38N4O2/c1-19(15-22-16-20-7-4-5-9-25(20)32-22)28-11-6-8-21(33-26(30)31-3)17-29(35)12-10-23(24(29)18-28)27(2,34)13-14-28/h4-5,7,9,16,21,23-24,32,34-35H,1,10-15,17-18H2,2-3H3,(H3,30,31,33)/t21-,23-,24-,27+,28-,29+/m0/s1. The monoisotopic (exact) mass is 474 g/mol. The van der Waals surface area contributed by atoms with Crippen molar-refractivity contribution in [1.82, 2.24) is 10.3 Å². The molecule has 35 heavy (non-hydrogen) atoms. The fourth-order valence-electron chi connectivity index (χ4n) is 7.03. The van der Waals surface area contributed by atoms with Crippen molar-refractivity contribution in [3.63, 3.8) is 0 Å². The number of nitrogens with two attached hydrogens (primary N) is 1. The van der Waals surface area contributed by atoms with Gasteiger partial charge in [-0.15, -0.1) is 5.92 Å². The maximum atomic E-state index is 12.0. The van der Waals surface area contributed by atoms with Crippen LogP contribution in [0.1, 0.15) is 57.6 Å². The summed E-state index contributed by atoms with van der Waals surface area (Å²) in [4.78, 5) is 7.58. The molecular weight excluding hydrogens is 436 g/mol. The predicted molar refractivity (Wildman–Crippen MR) is 141 cm³/mol. The number of H-pyrrole nitrogens is 1. The molecule has 6 N–H and O–H groups in total. The summed E-state index contributed by atoms with van der Waals surface area (Å²) in [7, 11) is 1.64. The number of hydrogen-bond donors (Lipinski definition) is 5. The third-order valence-corrected chi connectivity index (χ3v) is 9.15. The van der Waals surface area contributed by atoms with Gasteiger partial charge in [-0.25, -0.2) is 0 Å². The molecule has 3 aliphatic rings. The number of benzene rings is 1. The molecule has 2 fully saturated rings. The Morgan fingerprint density at radius 2 is 2.03 bits per heavy atom. The van der Waals surface area contributed by atoms with E-state index in [1.165, 1.54) is 5.39 Å². The fraction of sp³-hybridized carbons (Fsp3) is 0.552. The first-order valence-corrected chi connectivity index (χ1v) is 12.8.